The zero-order valence-electron chi connectivity index (χ0n) is 11.2. The van der Waals surface area contributed by atoms with E-state index in [9.17, 15) is 0 Å². The number of hydrogen-bond donors (Lipinski definition) is 1. The Morgan fingerprint density at radius 3 is 2.44 bits per heavy atom. The van der Waals surface area contributed by atoms with Gasteiger partial charge in [-0.15, -0.1) is 0 Å². The number of benzene rings is 1. The predicted octanol–water partition coefficient (Wildman–Crippen LogP) is 1.85. The Kier molecular flexibility index (Phi) is 3.54. The van der Waals surface area contributed by atoms with Crippen molar-refractivity contribution in [3.8, 4) is 0 Å². The van der Waals surface area contributed by atoms with Crippen LogP contribution in [0.1, 0.15) is 11.1 Å². The van der Waals surface area contributed by atoms with Crippen LogP contribution in [0.2, 0.25) is 0 Å². The largest absolute Gasteiger partial charge is 0.369 e. The van der Waals surface area contributed by atoms with Gasteiger partial charge in [-0.05, 0) is 37.1 Å². The van der Waals surface area contributed by atoms with E-state index in [1.54, 1.807) is 14.2 Å². The van der Waals surface area contributed by atoms with Gasteiger partial charge in [0.15, 0.2) is 6.29 Å². The lowest BCUT2D eigenvalue weighted by atomic mass is 10.1. The van der Waals surface area contributed by atoms with Crippen molar-refractivity contribution >= 4 is 17.0 Å². The summed E-state index contributed by atoms with van der Waals surface area (Å²) in [7, 11) is 3.22. The normalized spacial score (nSPS) is 11.6. The van der Waals surface area contributed by atoms with Crippen LogP contribution in [0.4, 0.5) is 5.95 Å². The van der Waals surface area contributed by atoms with Crippen LogP contribution < -0.4 is 5.73 Å². The minimum Gasteiger partial charge on any atom is -0.369 e. The third-order valence-electron chi connectivity index (χ3n) is 3.25. The maximum absolute atomic E-state index is 5.95. The average molecular weight is 249 g/mol. The van der Waals surface area contributed by atoms with Crippen LogP contribution in [-0.2, 0) is 16.0 Å². The molecule has 0 aliphatic rings. The number of nitrogens with two attached hydrogens (primary N) is 1. The fourth-order valence-corrected chi connectivity index (χ4v) is 1.98. The molecule has 5 nitrogen and oxygen atoms in total. The molecule has 18 heavy (non-hydrogen) atoms. The highest BCUT2D eigenvalue weighted by Gasteiger charge is 2.14. The predicted molar refractivity (Wildman–Crippen MR) is 71.4 cm³/mol. The molecule has 0 fully saturated rings. The second-order valence-corrected chi connectivity index (χ2v) is 4.41. The number of anilines is 1. The van der Waals surface area contributed by atoms with Gasteiger partial charge in [0, 0.05) is 14.2 Å². The number of imidazole rings is 1. The summed E-state index contributed by atoms with van der Waals surface area (Å²) in [6.45, 7) is 4.67. The second-order valence-electron chi connectivity index (χ2n) is 4.41. The van der Waals surface area contributed by atoms with E-state index in [1.165, 1.54) is 11.1 Å². The smallest absolute Gasteiger partial charge is 0.201 e. The summed E-state index contributed by atoms with van der Waals surface area (Å²) in [6.07, 6.45) is -0.327. The number of fused-ring (bicyclic) bond motifs is 1. The molecule has 0 aliphatic carbocycles. The van der Waals surface area contributed by atoms with Crippen molar-refractivity contribution in [1.82, 2.24) is 9.55 Å². The van der Waals surface area contributed by atoms with E-state index in [2.05, 4.69) is 24.9 Å². The zero-order chi connectivity index (χ0) is 13.3. The minimum atomic E-state index is -0.327. The molecule has 2 aromatic rings. The molecular weight excluding hydrogens is 230 g/mol. The second kappa shape index (κ2) is 4.96. The van der Waals surface area contributed by atoms with Gasteiger partial charge in [0.1, 0.15) is 0 Å². The number of rotatable bonds is 4. The van der Waals surface area contributed by atoms with E-state index in [0.717, 1.165) is 11.0 Å². The maximum Gasteiger partial charge on any atom is 0.201 e. The molecule has 0 atom stereocenters. The minimum absolute atomic E-state index is 0.327. The first-order chi connectivity index (χ1) is 8.56. The van der Waals surface area contributed by atoms with Crippen LogP contribution in [0.3, 0.4) is 0 Å². The zero-order valence-corrected chi connectivity index (χ0v) is 11.2. The van der Waals surface area contributed by atoms with Gasteiger partial charge in [0.25, 0.3) is 0 Å². The summed E-state index contributed by atoms with van der Waals surface area (Å²) in [5.41, 5.74) is 10.3. The van der Waals surface area contributed by atoms with Gasteiger partial charge in [0.2, 0.25) is 5.95 Å². The van der Waals surface area contributed by atoms with Gasteiger partial charge >= 0.3 is 0 Å². The number of nitrogen functional groups attached to an aromatic ring is 1. The molecule has 0 unspecified atom stereocenters. The van der Waals surface area contributed by atoms with Gasteiger partial charge in [-0.25, -0.2) is 4.98 Å². The summed E-state index contributed by atoms with van der Waals surface area (Å²) in [5.74, 6) is 0.481. The van der Waals surface area contributed by atoms with Crippen LogP contribution in [0.5, 0.6) is 0 Å². The van der Waals surface area contributed by atoms with E-state index in [-0.39, 0.29) is 6.29 Å². The molecule has 1 aromatic heterocycles. The first-order valence-electron chi connectivity index (χ1n) is 5.85. The van der Waals surface area contributed by atoms with E-state index in [4.69, 9.17) is 15.2 Å². The van der Waals surface area contributed by atoms with E-state index < -0.39 is 0 Å². The molecule has 98 valence electrons. The summed E-state index contributed by atoms with van der Waals surface area (Å²) in [5, 5.41) is 0. The molecule has 0 spiro atoms. The summed E-state index contributed by atoms with van der Waals surface area (Å²) >= 11 is 0. The third-order valence-corrected chi connectivity index (χ3v) is 3.25. The van der Waals surface area contributed by atoms with E-state index in [0.29, 0.717) is 12.5 Å². The third kappa shape index (κ3) is 2.19. The van der Waals surface area contributed by atoms with Gasteiger partial charge in [-0.1, -0.05) is 0 Å². The van der Waals surface area contributed by atoms with Crippen molar-refractivity contribution < 1.29 is 9.47 Å². The molecule has 2 N–H and O–H groups in total. The first kappa shape index (κ1) is 12.9. The molecule has 0 bridgehead atoms. The molecule has 0 amide bonds. The summed E-state index contributed by atoms with van der Waals surface area (Å²) < 4.78 is 12.3. The Hall–Kier alpha value is -1.59. The SMILES string of the molecule is COC(Cn1c(N)nc2cc(C)c(C)cc21)OC. The molecule has 2 rings (SSSR count). The van der Waals surface area contributed by atoms with Crippen molar-refractivity contribution in [1.29, 1.82) is 0 Å². The van der Waals surface area contributed by atoms with Crippen LogP contribution >= 0.6 is 0 Å². The standard InChI is InChI=1S/C13H19N3O2/c1-8-5-10-11(6-9(8)2)16(13(14)15-10)7-12(17-3)18-4/h5-6,12H,7H2,1-4H3,(H2,14,15). The van der Waals surface area contributed by atoms with Crippen molar-refractivity contribution in [2.45, 2.75) is 26.7 Å². The maximum atomic E-state index is 5.95. The lowest BCUT2D eigenvalue weighted by Gasteiger charge is -2.15. The number of aryl methyl sites for hydroxylation is 2. The monoisotopic (exact) mass is 249 g/mol. The Morgan fingerprint density at radius 1 is 1.22 bits per heavy atom. The molecule has 0 saturated carbocycles. The fraction of sp³-hybridized carbons (Fsp3) is 0.462. The fourth-order valence-electron chi connectivity index (χ4n) is 1.98. The Labute approximate surface area is 107 Å². The van der Waals surface area contributed by atoms with Gasteiger partial charge in [0.05, 0.1) is 17.6 Å². The van der Waals surface area contributed by atoms with Crippen molar-refractivity contribution in [3.63, 3.8) is 0 Å². The molecule has 0 aliphatic heterocycles. The number of nitrogens with zero attached hydrogens (tertiary/aromatic N) is 2. The summed E-state index contributed by atoms with van der Waals surface area (Å²) in [6, 6.07) is 4.14. The van der Waals surface area contributed by atoms with Crippen LogP contribution in [0, 0.1) is 13.8 Å². The van der Waals surface area contributed by atoms with Gasteiger partial charge < -0.3 is 19.8 Å². The molecule has 0 saturated heterocycles. The molecule has 5 heteroatoms. The number of aromatic nitrogens is 2. The lowest BCUT2D eigenvalue weighted by Crippen LogP contribution is -2.21. The molecular formula is C13H19N3O2. The first-order valence-corrected chi connectivity index (χ1v) is 5.85. The highest BCUT2D eigenvalue weighted by atomic mass is 16.7. The van der Waals surface area contributed by atoms with Crippen molar-refractivity contribution in [2.24, 2.45) is 0 Å². The highest BCUT2D eigenvalue weighted by Crippen LogP contribution is 2.22. The Balaban J connectivity index is 2.49. The van der Waals surface area contributed by atoms with Gasteiger partial charge in [-0.2, -0.15) is 0 Å². The number of ether oxygens (including phenoxy) is 2. The van der Waals surface area contributed by atoms with E-state index >= 15 is 0 Å². The lowest BCUT2D eigenvalue weighted by molar-refractivity contribution is -0.110. The van der Waals surface area contributed by atoms with Gasteiger partial charge in [-0.3, -0.25) is 0 Å². The average Bonchev–Trinajstić information content (AvgIpc) is 2.63. The van der Waals surface area contributed by atoms with Crippen molar-refractivity contribution in [3.05, 3.63) is 23.3 Å². The molecule has 1 aromatic carbocycles. The number of hydrogen-bond acceptors (Lipinski definition) is 4. The van der Waals surface area contributed by atoms with Crippen LogP contribution in [0.25, 0.3) is 11.0 Å². The Bertz CT molecular complexity index is 559. The molecule has 1 heterocycles. The van der Waals surface area contributed by atoms with Crippen molar-refractivity contribution in [2.75, 3.05) is 20.0 Å². The quantitative estimate of drug-likeness (QED) is 0.840. The summed E-state index contributed by atoms with van der Waals surface area (Å²) in [4.78, 5) is 4.37. The Morgan fingerprint density at radius 2 is 1.83 bits per heavy atom. The highest BCUT2D eigenvalue weighted by molar-refractivity contribution is 5.80. The van der Waals surface area contributed by atoms with E-state index in [1.807, 2.05) is 10.6 Å². The number of methoxy groups -OCH3 is 2. The van der Waals surface area contributed by atoms with Crippen LogP contribution in [0.15, 0.2) is 12.1 Å². The molecule has 0 radical (unpaired) electrons. The van der Waals surface area contributed by atoms with Crippen LogP contribution in [-0.4, -0.2) is 30.1 Å². The topological polar surface area (TPSA) is 62.3 Å².